The van der Waals surface area contributed by atoms with Crippen molar-refractivity contribution in [2.45, 2.75) is 77.9 Å². The highest BCUT2D eigenvalue weighted by molar-refractivity contribution is 7.92. The lowest BCUT2D eigenvalue weighted by molar-refractivity contribution is -0.140. The van der Waals surface area contributed by atoms with Crippen LogP contribution in [0.4, 0.5) is 5.69 Å². The van der Waals surface area contributed by atoms with Crippen molar-refractivity contribution >= 4 is 39.1 Å². The smallest absolute Gasteiger partial charge is 0.264 e. The Hall–Kier alpha value is -3.36. The van der Waals surface area contributed by atoms with Gasteiger partial charge in [-0.15, -0.1) is 0 Å². The van der Waals surface area contributed by atoms with Crippen LogP contribution in [-0.2, 0) is 26.2 Å². The van der Waals surface area contributed by atoms with Crippen molar-refractivity contribution in [1.82, 2.24) is 10.2 Å². The number of nitrogens with zero attached hydrogens (tertiary/aromatic N) is 2. The van der Waals surface area contributed by atoms with Crippen LogP contribution in [0.3, 0.4) is 0 Å². The Morgan fingerprint density at radius 3 is 2.17 bits per heavy atom. The normalized spacial score (nSPS) is 12.9. The number of amides is 2. The zero-order valence-electron chi connectivity index (χ0n) is 24.6. The largest absolute Gasteiger partial charge is 0.352 e. The summed E-state index contributed by atoms with van der Waals surface area (Å²) in [4.78, 5) is 29.1. The molecule has 41 heavy (non-hydrogen) atoms. The number of aryl methyl sites for hydroxylation is 3. The Morgan fingerprint density at radius 1 is 0.902 bits per heavy atom. The maximum absolute atomic E-state index is 14.2. The average Bonchev–Trinajstić information content (AvgIpc) is 2.93. The molecule has 0 bridgehead atoms. The van der Waals surface area contributed by atoms with Gasteiger partial charge in [-0.1, -0.05) is 61.3 Å². The lowest BCUT2D eigenvalue weighted by Crippen LogP contribution is -2.53. The van der Waals surface area contributed by atoms with Crippen LogP contribution in [0.25, 0.3) is 0 Å². The van der Waals surface area contributed by atoms with Crippen molar-refractivity contribution in [3.63, 3.8) is 0 Å². The van der Waals surface area contributed by atoms with Gasteiger partial charge in [0.05, 0.1) is 10.6 Å². The lowest BCUT2D eigenvalue weighted by Gasteiger charge is -2.34. The van der Waals surface area contributed by atoms with Gasteiger partial charge in [-0.05, 0) is 93.6 Å². The van der Waals surface area contributed by atoms with Crippen molar-refractivity contribution in [1.29, 1.82) is 0 Å². The molecular weight excluding hydrogens is 558 g/mol. The van der Waals surface area contributed by atoms with E-state index in [-0.39, 0.29) is 23.4 Å². The fourth-order valence-electron chi connectivity index (χ4n) is 4.51. The van der Waals surface area contributed by atoms with Gasteiger partial charge in [-0.3, -0.25) is 13.9 Å². The zero-order valence-corrected chi connectivity index (χ0v) is 26.2. The molecule has 0 saturated heterocycles. The van der Waals surface area contributed by atoms with Crippen molar-refractivity contribution in [3.8, 4) is 0 Å². The van der Waals surface area contributed by atoms with Crippen molar-refractivity contribution in [2.24, 2.45) is 0 Å². The third-order valence-corrected chi connectivity index (χ3v) is 9.32. The standard InChI is InChI=1S/C32H40ClN3O4S/c1-7-25(6)34-32(38)30(8-2)35(20-26-11-9-10-22(3)18-26)31(37)21-36(28-15-12-23(4)24(5)19-28)41(39,40)29-16-13-27(33)14-17-29/h9-19,25,30H,7-8,20-21H2,1-6H3,(H,34,38). The van der Waals surface area contributed by atoms with Crippen molar-refractivity contribution in [3.05, 3.63) is 94.0 Å². The first kappa shape index (κ1) is 32.2. The fourth-order valence-corrected chi connectivity index (χ4v) is 6.04. The predicted octanol–water partition coefficient (Wildman–Crippen LogP) is 6.18. The summed E-state index contributed by atoms with van der Waals surface area (Å²) in [5.41, 5.74) is 4.13. The Kier molecular flexibility index (Phi) is 11.0. The van der Waals surface area contributed by atoms with Gasteiger partial charge < -0.3 is 10.2 Å². The highest BCUT2D eigenvalue weighted by Crippen LogP contribution is 2.27. The molecule has 3 rings (SSSR count). The number of anilines is 1. The molecule has 0 aliphatic rings. The van der Waals surface area contributed by atoms with E-state index in [1.807, 2.05) is 71.9 Å². The van der Waals surface area contributed by atoms with Gasteiger partial charge in [-0.2, -0.15) is 0 Å². The highest BCUT2D eigenvalue weighted by atomic mass is 35.5. The molecule has 3 aromatic carbocycles. The highest BCUT2D eigenvalue weighted by Gasteiger charge is 2.34. The molecule has 0 heterocycles. The summed E-state index contributed by atoms with van der Waals surface area (Å²) >= 11 is 6.03. The molecule has 9 heteroatoms. The van der Waals surface area contributed by atoms with E-state index in [0.29, 0.717) is 17.1 Å². The van der Waals surface area contributed by atoms with Gasteiger partial charge in [0, 0.05) is 17.6 Å². The number of sulfonamides is 1. The second-order valence-corrected chi connectivity index (χ2v) is 12.8. The molecule has 2 unspecified atom stereocenters. The van der Waals surface area contributed by atoms with Gasteiger partial charge in [0.2, 0.25) is 11.8 Å². The SMILES string of the molecule is CCC(C)NC(=O)C(CC)N(Cc1cccc(C)c1)C(=O)CN(c1ccc(C)c(C)c1)S(=O)(=O)c1ccc(Cl)cc1. The molecule has 0 fully saturated rings. The molecule has 0 saturated carbocycles. The predicted molar refractivity (Wildman–Crippen MR) is 166 cm³/mol. The first-order valence-electron chi connectivity index (χ1n) is 13.9. The number of rotatable bonds is 12. The monoisotopic (exact) mass is 597 g/mol. The van der Waals surface area contributed by atoms with Crippen LogP contribution >= 0.6 is 11.6 Å². The van der Waals surface area contributed by atoms with E-state index < -0.39 is 28.5 Å². The second-order valence-electron chi connectivity index (χ2n) is 10.5. The molecule has 3 aromatic rings. The van der Waals surface area contributed by atoms with E-state index in [4.69, 9.17) is 11.6 Å². The summed E-state index contributed by atoms with van der Waals surface area (Å²) in [7, 11) is -4.16. The number of benzene rings is 3. The number of hydrogen-bond acceptors (Lipinski definition) is 4. The van der Waals surface area contributed by atoms with E-state index in [1.54, 1.807) is 12.1 Å². The minimum atomic E-state index is -4.16. The molecule has 220 valence electrons. The van der Waals surface area contributed by atoms with Gasteiger partial charge in [-0.25, -0.2) is 8.42 Å². The van der Waals surface area contributed by atoms with Crippen LogP contribution in [0.15, 0.2) is 71.6 Å². The summed E-state index contributed by atoms with van der Waals surface area (Å²) in [6.07, 6.45) is 1.11. The Balaban J connectivity index is 2.09. The van der Waals surface area contributed by atoms with E-state index >= 15 is 0 Å². The summed E-state index contributed by atoms with van der Waals surface area (Å²) in [6, 6.07) is 18.0. The van der Waals surface area contributed by atoms with Crippen LogP contribution in [0.1, 0.15) is 55.9 Å². The minimum absolute atomic E-state index is 0.0136. The molecule has 0 radical (unpaired) electrons. The summed E-state index contributed by atoms with van der Waals surface area (Å²) in [6.45, 7) is 11.2. The van der Waals surface area contributed by atoms with Gasteiger partial charge in [0.1, 0.15) is 12.6 Å². The Labute approximate surface area is 249 Å². The van der Waals surface area contributed by atoms with Crippen LogP contribution < -0.4 is 9.62 Å². The van der Waals surface area contributed by atoms with E-state index in [0.717, 1.165) is 33.0 Å². The second kappa shape index (κ2) is 14.0. The topological polar surface area (TPSA) is 86.8 Å². The van der Waals surface area contributed by atoms with Gasteiger partial charge >= 0.3 is 0 Å². The van der Waals surface area contributed by atoms with Crippen LogP contribution in [0.2, 0.25) is 5.02 Å². The maximum atomic E-state index is 14.2. The van der Waals surface area contributed by atoms with E-state index in [9.17, 15) is 18.0 Å². The summed E-state index contributed by atoms with van der Waals surface area (Å²) < 4.78 is 29.1. The Bertz CT molecular complexity index is 1470. The number of carbonyl (C=O) groups is 2. The molecule has 2 amide bonds. The van der Waals surface area contributed by atoms with Crippen LogP contribution in [0, 0.1) is 20.8 Å². The quantitative estimate of drug-likeness (QED) is 0.270. The van der Waals surface area contributed by atoms with Crippen LogP contribution in [-0.4, -0.2) is 43.8 Å². The van der Waals surface area contributed by atoms with Crippen LogP contribution in [0.5, 0.6) is 0 Å². The summed E-state index contributed by atoms with van der Waals surface area (Å²) in [5.74, 6) is -0.741. The Morgan fingerprint density at radius 2 is 1.59 bits per heavy atom. The molecule has 0 spiro atoms. The molecule has 1 N–H and O–H groups in total. The third-order valence-electron chi connectivity index (χ3n) is 7.28. The molecule has 2 atom stereocenters. The van der Waals surface area contributed by atoms with Gasteiger partial charge in [0.15, 0.2) is 0 Å². The first-order chi connectivity index (χ1) is 19.4. The zero-order chi connectivity index (χ0) is 30.3. The van der Waals surface area contributed by atoms with E-state index in [1.165, 1.54) is 29.2 Å². The summed E-state index contributed by atoms with van der Waals surface area (Å²) in [5, 5.41) is 3.40. The maximum Gasteiger partial charge on any atom is 0.264 e. The van der Waals surface area contributed by atoms with Crippen molar-refractivity contribution < 1.29 is 18.0 Å². The lowest BCUT2D eigenvalue weighted by atomic mass is 10.1. The third kappa shape index (κ3) is 8.11. The van der Waals surface area contributed by atoms with Crippen molar-refractivity contribution in [2.75, 3.05) is 10.8 Å². The molecule has 0 aromatic heterocycles. The number of halogens is 1. The first-order valence-corrected chi connectivity index (χ1v) is 15.7. The molecule has 0 aliphatic carbocycles. The number of carbonyl (C=O) groups excluding carboxylic acids is 2. The average molecular weight is 598 g/mol. The van der Waals surface area contributed by atoms with Gasteiger partial charge in [0.25, 0.3) is 10.0 Å². The number of hydrogen-bond donors (Lipinski definition) is 1. The minimum Gasteiger partial charge on any atom is -0.352 e. The number of nitrogens with one attached hydrogen (secondary N) is 1. The fraction of sp³-hybridized carbons (Fsp3) is 0.375. The molecular formula is C32H40ClN3O4S. The molecule has 0 aliphatic heterocycles. The molecule has 7 nitrogen and oxygen atoms in total. The van der Waals surface area contributed by atoms with E-state index in [2.05, 4.69) is 5.32 Å².